The lowest BCUT2D eigenvalue weighted by atomic mass is 9.87. The van der Waals surface area contributed by atoms with Crippen molar-refractivity contribution in [3.05, 3.63) is 35.4 Å². The van der Waals surface area contributed by atoms with Gasteiger partial charge in [0, 0.05) is 38.8 Å². The summed E-state index contributed by atoms with van der Waals surface area (Å²) in [6.45, 7) is 4.87. The zero-order valence-corrected chi connectivity index (χ0v) is 18.6. The molecule has 1 saturated carbocycles. The van der Waals surface area contributed by atoms with E-state index >= 15 is 0 Å². The molecule has 0 radical (unpaired) electrons. The zero-order chi connectivity index (χ0) is 23.1. The van der Waals surface area contributed by atoms with Crippen molar-refractivity contribution in [3.63, 3.8) is 0 Å². The van der Waals surface area contributed by atoms with Gasteiger partial charge in [-0.25, -0.2) is 4.79 Å². The molecule has 1 aromatic rings. The highest BCUT2D eigenvalue weighted by Gasteiger charge is 2.32. The minimum atomic E-state index is -4.40. The van der Waals surface area contributed by atoms with Gasteiger partial charge in [0.1, 0.15) is 0 Å². The van der Waals surface area contributed by atoms with Crippen LogP contribution >= 0.6 is 0 Å². The molecule has 1 aliphatic heterocycles. The highest BCUT2D eigenvalue weighted by Crippen LogP contribution is 2.31. The van der Waals surface area contributed by atoms with E-state index in [1.54, 1.807) is 11.0 Å². The molecule has 1 saturated heterocycles. The summed E-state index contributed by atoms with van der Waals surface area (Å²) in [5.41, 5.74) is -0.493. The predicted octanol–water partition coefficient (Wildman–Crippen LogP) is 3.27. The van der Waals surface area contributed by atoms with Crippen LogP contribution in [0.25, 0.3) is 0 Å². The number of piperazine rings is 1. The summed E-state index contributed by atoms with van der Waals surface area (Å²) in [7, 11) is 0. The number of nitrogens with one attached hydrogen (secondary N) is 2. The topological polar surface area (TPSA) is 64.7 Å². The Hall–Kier alpha value is -2.29. The smallest absolute Gasteiger partial charge is 0.352 e. The van der Waals surface area contributed by atoms with E-state index in [0.29, 0.717) is 32.7 Å². The average molecular weight is 455 g/mol. The summed E-state index contributed by atoms with van der Waals surface area (Å²) in [6, 6.07) is 5.41. The maximum Gasteiger partial charge on any atom is 0.416 e. The molecule has 1 aliphatic carbocycles. The number of hydrogen-bond acceptors (Lipinski definition) is 3. The molecule has 9 heteroatoms. The molecule has 178 valence electrons. The maximum absolute atomic E-state index is 13.1. The monoisotopic (exact) mass is 454 g/mol. The van der Waals surface area contributed by atoms with E-state index < -0.39 is 11.7 Å². The molecule has 2 fully saturated rings. The van der Waals surface area contributed by atoms with Crippen LogP contribution in [0.4, 0.5) is 18.0 Å². The fourth-order valence-electron chi connectivity index (χ4n) is 4.42. The second-order valence-corrected chi connectivity index (χ2v) is 8.92. The SMILES string of the molecule is CC1CCC(NC(=O)CN2CCN(C(=O)NCCc3ccccc3C(F)(F)F)CC2)CC1. The minimum Gasteiger partial charge on any atom is -0.352 e. The first-order valence-corrected chi connectivity index (χ1v) is 11.4. The Morgan fingerprint density at radius 1 is 1.03 bits per heavy atom. The molecule has 3 rings (SSSR count). The summed E-state index contributed by atoms with van der Waals surface area (Å²) in [4.78, 5) is 28.4. The molecule has 2 aliphatic rings. The molecular formula is C23H33F3N4O2. The van der Waals surface area contributed by atoms with Crippen molar-refractivity contribution in [3.8, 4) is 0 Å². The van der Waals surface area contributed by atoms with Crippen molar-refractivity contribution >= 4 is 11.9 Å². The number of amides is 3. The van der Waals surface area contributed by atoms with Crippen LogP contribution in [0.1, 0.15) is 43.7 Å². The second kappa shape index (κ2) is 11.0. The molecule has 32 heavy (non-hydrogen) atoms. The number of rotatable bonds is 6. The number of urea groups is 1. The van der Waals surface area contributed by atoms with Crippen molar-refractivity contribution in [2.45, 2.75) is 51.2 Å². The van der Waals surface area contributed by atoms with Crippen molar-refractivity contribution in [1.82, 2.24) is 20.4 Å². The van der Waals surface area contributed by atoms with Gasteiger partial charge in [0.15, 0.2) is 0 Å². The van der Waals surface area contributed by atoms with Gasteiger partial charge in [-0.2, -0.15) is 13.2 Å². The number of carbonyl (C=O) groups excluding carboxylic acids is 2. The standard InChI is InChI=1S/C23H33F3N4O2/c1-17-6-8-19(9-7-17)28-21(31)16-29-12-14-30(15-13-29)22(32)27-11-10-18-4-2-3-5-20(18)23(24,25)26/h2-5,17,19H,6-16H2,1H3,(H,27,32)(H,28,31). The van der Waals surface area contributed by atoms with E-state index in [1.807, 2.05) is 4.90 Å². The Labute approximate surface area is 187 Å². The lowest BCUT2D eigenvalue weighted by Crippen LogP contribution is -2.54. The van der Waals surface area contributed by atoms with Gasteiger partial charge in [-0.1, -0.05) is 25.1 Å². The van der Waals surface area contributed by atoms with E-state index in [0.717, 1.165) is 37.7 Å². The van der Waals surface area contributed by atoms with E-state index in [2.05, 4.69) is 17.6 Å². The van der Waals surface area contributed by atoms with Gasteiger partial charge in [0.25, 0.3) is 0 Å². The summed E-state index contributed by atoms with van der Waals surface area (Å²) in [5.74, 6) is 0.771. The number of benzene rings is 1. The van der Waals surface area contributed by atoms with E-state index in [4.69, 9.17) is 0 Å². The number of carbonyl (C=O) groups is 2. The van der Waals surface area contributed by atoms with Crippen LogP contribution in [0.5, 0.6) is 0 Å². The van der Waals surface area contributed by atoms with Gasteiger partial charge in [0.2, 0.25) is 5.91 Å². The largest absolute Gasteiger partial charge is 0.416 e. The van der Waals surface area contributed by atoms with Gasteiger partial charge < -0.3 is 15.5 Å². The number of alkyl halides is 3. The molecule has 0 aromatic heterocycles. The Kier molecular flexibility index (Phi) is 8.39. The van der Waals surface area contributed by atoms with Crippen LogP contribution in [0, 0.1) is 5.92 Å². The van der Waals surface area contributed by atoms with Crippen LogP contribution < -0.4 is 10.6 Å². The molecule has 0 atom stereocenters. The van der Waals surface area contributed by atoms with E-state index in [-0.39, 0.29) is 36.5 Å². The molecule has 1 aromatic carbocycles. The Morgan fingerprint density at radius 2 is 1.69 bits per heavy atom. The van der Waals surface area contributed by atoms with Gasteiger partial charge >= 0.3 is 12.2 Å². The Morgan fingerprint density at radius 3 is 2.34 bits per heavy atom. The quantitative estimate of drug-likeness (QED) is 0.694. The first-order chi connectivity index (χ1) is 15.2. The van der Waals surface area contributed by atoms with Crippen molar-refractivity contribution in [2.75, 3.05) is 39.3 Å². The second-order valence-electron chi connectivity index (χ2n) is 8.92. The van der Waals surface area contributed by atoms with Gasteiger partial charge in [-0.3, -0.25) is 9.69 Å². The fourth-order valence-corrected chi connectivity index (χ4v) is 4.42. The van der Waals surface area contributed by atoms with Crippen molar-refractivity contribution < 1.29 is 22.8 Å². The Bertz CT molecular complexity index is 771. The van der Waals surface area contributed by atoms with Gasteiger partial charge in [-0.15, -0.1) is 0 Å². The molecule has 3 amide bonds. The zero-order valence-electron chi connectivity index (χ0n) is 18.6. The maximum atomic E-state index is 13.1. The first-order valence-electron chi connectivity index (χ1n) is 11.4. The molecule has 0 unspecified atom stereocenters. The lowest BCUT2D eigenvalue weighted by Gasteiger charge is -2.35. The fraction of sp³-hybridized carbons (Fsp3) is 0.652. The minimum absolute atomic E-state index is 0.0331. The lowest BCUT2D eigenvalue weighted by molar-refractivity contribution is -0.138. The molecule has 1 heterocycles. The van der Waals surface area contributed by atoms with Crippen LogP contribution in [-0.4, -0.2) is 67.0 Å². The molecule has 6 nitrogen and oxygen atoms in total. The third kappa shape index (κ3) is 7.12. The van der Waals surface area contributed by atoms with Gasteiger partial charge in [-0.05, 0) is 49.7 Å². The Balaban J connectivity index is 1.35. The van der Waals surface area contributed by atoms with Crippen LogP contribution in [0.2, 0.25) is 0 Å². The highest BCUT2D eigenvalue weighted by atomic mass is 19.4. The predicted molar refractivity (Wildman–Crippen MR) is 116 cm³/mol. The molecule has 0 bridgehead atoms. The van der Waals surface area contributed by atoms with Crippen molar-refractivity contribution in [1.29, 1.82) is 0 Å². The molecular weight excluding hydrogens is 421 g/mol. The number of halogens is 3. The van der Waals surface area contributed by atoms with Crippen LogP contribution in [0.15, 0.2) is 24.3 Å². The third-order valence-electron chi connectivity index (χ3n) is 6.40. The van der Waals surface area contributed by atoms with Crippen LogP contribution in [0.3, 0.4) is 0 Å². The molecule has 2 N–H and O–H groups in total. The molecule has 0 spiro atoms. The third-order valence-corrected chi connectivity index (χ3v) is 6.40. The van der Waals surface area contributed by atoms with E-state index in [9.17, 15) is 22.8 Å². The summed E-state index contributed by atoms with van der Waals surface area (Å²) < 4.78 is 39.2. The summed E-state index contributed by atoms with van der Waals surface area (Å²) in [5, 5.41) is 5.84. The van der Waals surface area contributed by atoms with Crippen LogP contribution in [-0.2, 0) is 17.4 Å². The van der Waals surface area contributed by atoms with Gasteiger partial charge in [0.05, 0.1) is 12.1 Å². The number of nitrogens with zero attached hydrogens (tertiary/aromatic N) is 2. The summed E-state index contributed by atoms with van der Waals surface area (Å²) >= 11 is 0. The number of hydrogen-bond donors (Lipinski definition) is 2. The highest BCUT2D eigenvalue weighted by molar-refractivity contribution is 5.78. The first kappa shape index (κ1) is 24.4. The normalized spacial score (nSPS) is 22.4. The van der Waals surface area contributed by atoms with Crippen molar-refractivity contribution in [2.24, 2.45) is 5.92 Å². The average Bonchev–Trinajstić information content (AvgIpc) is 2.75. The summed E-state index contributed by atoms with van der Waals surface area (Å²) in [6.07, 6.45) is 0.0871. The van der Waals surface area contributed by atoms with E-state index in [1.165, 1.54) is 12.1 Å².